The standard InChI is InChI=1S/C4H9N3/c1-3(5)2-4(6)7/h2H,5H2,1H3,(H3,6,7)/b3-2-. The number of amidine groups is 1. The number of allylic oxidation sites excluding steroid dienone is 1. The van der Waals surface area contributed by atoms with Gasteiger partial charge in [-0.25, -0.2) is 0 Å². The molecular formula is C4H9N3. The first kappa shape index (κ1) is 6.01. The summed E-state index contributed by atoms with van der Waals surface area (Å²) in [5, 5.41) is 6.65. The van der Waals surface area contributed by atoms with E-state index in [0.29, 0.717) is 5.70 Å². The van der Waals surface area contributed by atoms with Gasteiger partial charge in [0.2, 0.25) is 0 Å². The molecule has 0 aromatic heterocycles. The summed E-state index contributed by atoms with van der Waals surface area (Å²) in [6.45, 7) is 1.68. The fraction of sp³-hybridized carbons (Fsp3) is 0.250. The van der Waals surface area contributed by atoms with E-state index in [1.807, 2.05) is 0 Å². The summed E-state index contributed by atoms with van der Waals surface area (Å²) in [6.07, 6.45) is 1.39. The van der Waals surface area contributed by atoms with Crippen molar-refractivity contribution in [3.63, 3.8) is 0 Å². The van der Waals surface area contributed by atoms with Gasteiger partial charge in [0.15, 0.2) is 0 Å². The van der Waals surface area contributed by atoms with Gasteiger partial charge < -0.3 is 11.5 Å². The number of nitrogens with one attached hydrogen (secondary N) is 1. The topological polar surface area (TPSA) is 75.9 Å². The molecule has 0 spiro atoms. The van der Waals surface area contributed by atoms with Crippen LogP contribution in [-0.2, 0) is 0 Å². The number of nitrogens with two attached hydrogens (primary N) is 2. The number of rotatable bonds is 1. The van der Waals surface area contributed by atoms with Gasteiger partial charge in [-0.2, -0.15) is 0 Å². The molecule has 0 saturated carbocycles. The molecule has 0 saturated heterocycles. The normalized spacial score (nSPS) is 11.3. The summed E-state index contributed by atoms with van der Waals surface area (Å²) in [7, 11) is 0. The van der Waals surface area contributed by atoms with Crippen LogP contribution in [0.15, 0.2) is 11.8 Å². The van der Waals surface area contributed by atoms with Gasteiger partial charge in [0, 0.05) is 5.70 Å². The Hall–Kier alpha value is -0.990. The quantitative estimate of drug-likeness (QED) is 0.314. The number of hydrogen-bond donors (Lipinski definition) is 3. The van der Waals surface area contributed by atoms with E-state index in [1.54, 1.807) is 6.92 Å². The van der Waals surface area contributed by atoms with E-state index in [9.17, 15) is 0 Å². The molecule has 0 aromatic carbocycles. The third-order valence-electron chi connectivity index (χ3n) is 0.383. The summed E-state index contributed by atoms with van der Waals surface area (Å²) in [6, 6.07) is 0. The number of hydrogen-bond acceptors (Lipinski definition) is 2. The highest BCUT2D eigenvalue weighted by molar-refractivity contribution is 5.88. The Balaban J connectivity index is 3.68. The first-order valence-electron chi connectivity index (χ1n) is 1.90. The molecule has 0 rings (SSSR count). The molecule has 7 heavy (non-hydrogen) atoms. The Morgan fingerprint density at radius 3 is 2.00 bits per heavy atom. The summed E-state index contributed by atoms with van der Waals surface area (Å²) in [4.78, 5) is 0. The van der Waals surface area contributed by atoms with Gasteiger partial charge >= 0.3 is 0 Å². The summed E-state index contributed by atoms with van der Waals surface area (Å²) in [5.41, 5.74) is 10.6. The van der Waals surface area contributed by atoms with Crippen molar-refractivity contribution in [2.24, 2.45) is 11.5 Å². The molecular weight excluding hydrogens is 90.1 g/mol. The first-order valence-corrected chi connectivity index (χ1v) is 1.90. The minimum atomic E-state index is 0.000000000000000222. The van der Waals surface area contributed by atoms with E-state index in [-0.39, 0.29) is 5.84 Å². The zero-order valence-electron chi connectivity index (χ0n) is 4.23. The maximum absolute atomic E-state index is 6.65. The van der Waals surface area contributed by atoms with Gasteiger partial charge in [0.05, 0.1) is 0 Å². The van der Waals surface area contributed by atoms with Crippen LogP contribution in [0.1, 0.15) is 6.92 Å². The smallest absolute Gasteiger partial charge is 0.117 e. The lowest BCUT2D eigenvalue weighted by atomic mass is 10.4. The predicted molar refractivity (Wildman–Crippen MR) is 29.9 cm³/mol. The molecule has 3 heteroatoms. The largest absolute Gasteiger partial charge is 0.402 e. The van der Waals surface area contributed by atoms with Gasteiger partial charge in [-0.3, -0.25) is 5.41 Å². The molecule has 5 N–H and O–H groups in total. The average molecular weight is 99.1 g/mol. The van der Waals surface area contributed by atoms with Crippen LogP contribution in [-0.4, -0.2) is 5.84 Å². The van der Waals surface area contributed by atoms with Crippen LogP contribution in [0.3, 0.4) is 0 Å². The van der Waals surface area contributed by atoms with E-state index >= 15 is 0 Å². The monoisotopic (exact) mass is 99.1 g/mol. The van der Waals surface area contributed by atoms with Crippen LogP contribution in [0.4, 0.5) is 0 Å². The van der Waals surface area contributed by atoms with E-state index in [4.69, 9.17) is 16.9 Å². The molecule has 0 radical (unpaired) electrons. The van der Waals surface area contributed by atoms with Gasteiger partial charge in [0.25, 0.3) is 0 Å². The van der Waals surface area contributed by atoms with Crippen molar-refractivity contribution in [2.75, 3.05) is 0 Å². The Kier molecular flexibility index (Phi) is 1.91. The lowest BCUT2D eigenvalue weighted by Gasteiger charge is -1.85. The SMILES string of the molecule is C/C(N)=C/C(=N)N. The average Bonchev–Trinajstić information content (AvgIpc) is 1.27. The molecule has 40 valence electrons. The molecule has 0 bridgehead atoms. The summed E-state index contributed by atoms with van der Waals surface area (Å²) < 4.78 is 0. The van der Waals surface area contributed by atoms with Crippen molar-refractivity contribution in [1.82, 2.24) is 0 Å². The lowest BCUT2D eigenvalue weighted by molar-refractivity contribution is 1.31. The summed E-state index contributed by atoms with van der Waals surface area (Å²) >= 11 is 0. The Labute approximate surface area is 42.5 Å². The van der Waals surface area contributed by atoms with Crippen molar-refractivity contribution in [3.8, 4) is 0 Å². The fourth-order valence-electron chi connectivity index (χ4n) is 0.245. The van der Waals surface area contributed by atoms with Gasteiger partial charge in [-0.15, -0.1) is 0 Å². The molecule has 0 heterocycles. The molecule has 0 aliphatic heterocycles. The van der Waals surface area contributed by atoms with Crippen LogP contribution >= 0.6 is 0 Å². The maximum atomic E-state index is 6.65. The Morgan fingerprint density at radius 2 is 2.00 bits per heavy atom. The van der Waals surface area contributed by atoms with Crippen molar-refractivity contribution >= 4 is 5.84 Å². The zero-order chi connectivity index (χ0) is 5.86. The second-order valence-corrected chi connectivity index (χ2v) is 1.34. The first-order chi connectivity index (χ1) is 3.13. The molecule has 0 amide bonds. The fourth-order valence-corrected chi connectivity index (χ4v) is 0.245. The second-order valence-electron chi connectivity index (χ2n) is 1.34. The highest BCUT2D eigenvalue weighted by atomic mass is 14.7. The van der Waals surface area contributed by atoms with Crippen LogP contribution in [0, 0.1) is 5.41 Å². The van der Waals surface area contributed by atoms with Gasteiger partial charge in [-0.05, 0) is 13.0 Å². The van der Waals surface area contributed by atoms with Crippen molar-refractivity contribution in [2.45, 2.75) is 6.92 Å². The van der Waals surface area contributed by atoms with Crippen molar-refractivity contribution in [3.05, 3.63) is 11.8 Å². The molecule has 0 fully saturated rings. The Bertz CT molecular complexity index is 99.5. The second kappa shape index (κ2) is 2.23. The molecule has 0 aliphatic rings. The zero-order valence-corrected chi connectivity index (χ0v) is 4.23. The van der Waals surface area contributed by atoms with E-state index < -0.39 is 0 Å². The van der Waals surface area contributed by atoms with Crippen molar-refractivity contribution < 1.29 is 0 Å². The summed E-state index contributed by atoms with van der Waals surface area (Å²) in [5.74, 6) is 0.000000000000000222. The van der Waals surface area contributed by atoms with Crippen LogP contribution in [0.2, 0.25) is 0 Å². The van der Waals surface area contributed by atoms with E-state index in [1.165, 1.54) is 6.08 Å². The van der Waals surface area contributed by atoms with E-state index in [0.717, 1.165) is 0 Å². The maximum Gasteiger partial charge on any atom is 0.117 e. The highest BCUT2D eigenvalue weighted by Crippen LogP contribution is 1.74. The predicted octanol–water partition coefficient (Wildman–Crippen LogP) is -0.215. The van der Waals surface area contributed by atoms with E-state index in [2.05, 4.69) is 0 Å². The third kappa shape index (κ3) is 5.01. The van der Waals surface area contributed by atoms with Crippen LogP contribution < -0.4 is 11.5 Å². The van der Waals surface area contributed by atoms with Crippen molar-refractivity contribution in [1.29, 1.82) is 5.41 Å². The Morgan fingerprint density at radius 1 is 1.57 bits per heavy atom. The third-order valence-corrected chi connectivity index (χ3v) is 0.383. The minimum Gasteiger partial charge on any atom is -0.402 e. The molecule has 0 aromatic rings. The van der Waals surface area contributed by atoms with Crippen LogP contribution in [0.5, 0.6) is 0 Å². The lowest BCUT2D eigenvalue weighted by Crippen LogP contribution is -2.07. The molecule has 0 unspecified atom stereocenters. The molecule has 0 aliphatic carbocycles. The minimum absolute atomic E-state index is 0.000000000000000222. The molecule has 0 atom stereocenters. The highest BCUT2D eigenvalue weighted by Gasteiger charge is 1.76. The van der Waals surface area contributed by atoms with Gasteiger partial charge in [-0.1, -0.05) is 0 Å². The van der Waals surface area contributed by atoms with Crippen LogP contribution in [0.25, 0.3) is 0 Å². The molecule has 3 nitrogen and oxygen atoms in total. The van der Waals surface area contributed by atoms with Gasteiger partial charge in [0.1, 0.15) is 5.84 Å².